The predicted octanol–water partition coefficient (Wildman–Crippen LogP) is 3.56. The Labute approximate surface area is 104 Å². The number of para-hydroxylation sites is 1. The van der Waals surface area contributed by atoms with Crippen molar-refractivity contribution in [2.45, 2.75) is 46.1 Å². The summed E-state index contributed by atoms with van der Waals surface area (Å²) in [6, 6.07) is 8.04. The Bertz CT molecular complexity index is 359. The predicted molar refractivity (Wildman–Crippen MR) is 72.3 cm³/mol. The van der Waals surface area contributed by atoms with Crippen LogP contribution in [-0.4, -0.2) is 12.1 Å². The molecular formula is C14H22N2O. The zero-order valence-electron chi connectivity index (χ0n) is 10.9. The van der Waals surface area contributed by atoms with Gasteiger partial charge in [0.15, 0.2) is 0 Å². The highest BCUT2D eigenvalue weighted by atomic mass is 16.2. The summed E-state index contributed by atoms with van der Waals surface area (Å²) < 4.78 is 0. The average Bonchev–Trinajstić information content (AvgIpc) is 2.36. The summed E-state index contributed by atoms with van der Waals surface area (Å²) >= 11 is 0. The second kappa shape index (κ2) is 6.94. The zero-order chi connectivity index (χ0) is 12.7. The number of rotatable bonds is 5. The van der Waals surface area contributed by atoms with E-state index in [-0.39, 0.29) is 12.1 Å². The third kappa shape index (κ3) is 4.10. The molecule has 0 bridgehead atoms. The van der Waals surface area contributed by atoms with Crippen LogP contribution in [0.4, 0.5) is 10.5 Å². The lowest BCUT2D eigenvalue weighted by Crippen LogP contribution is -2.37. The molecule has 3 heteroatoms. The molecule has 0 radical (unpaired) electrons. The Kier molecular flexibility index (Phi) is 5.53. The molecule has 0 aliphatic rings. The van der Waals surface area contributed by atoms with Crippen molar-refractivity contribution in [3.05, 3.63) is 29.8 Å². The van der Waals surface area contributed by atoms with Gasteiger partial charge >= 0.3 is 6.03 Å². The first kappa shape index (κ1) is 13.6. The van der Waals surface area contributed by atoms with Gasteiger partial charge in [-0.05, 0) is 30.9 Å². The van der Waals surface area contributed by atoms with Gasteiger partial charge in [0.2, 0.25) is 0 Å². The third-order valence-electron chi connectivity index (χ3n) is 2.97. The van der Waals surface area contributed by atoms with Gasteiger partial charge in [0.05, 0.1) is 0 Å². The number of nitrogens with one attached hydrogen (secondary N) is 2. The Morgan fingerprint density at radius 1 is 1.18 bits per heavy atom. The van der Waals surface area contributed by atoms with Crippen LogP contribution in [0.5, 0.6) is 0 Å². The van der Waals surface area contributed by atoms with Gasteiger partial charge in [-0.1, -0.05) is 39.0 Å². The molecule has 0 aliphatic heterocycles. The van der Waals surface area contributed by atoms with E-state index in [0.717, 1.165) is 30.5 Å². The molecule has 1 aromatic rings. The number of carbonyl (C=O) groups excluding carboxylic acids is 1. The van der Waals surface area contributed by atoms with Crippen LogP contribution in [-0.2, 0) is 6.42 Å². The lowest BCUT2D eigenvalue weighted by molar-refractivity contribution is 0.247. The number of hydrogen-bond donors (Lipinski definition) is 2. The van der Waals surface area contributed by atoms with Crippen molar-refractivity contribution in [2.75, 3.05) is 5.32 Å². The number of benzene rings is 1. The zero-order valence-corrected chi connectivity index (χ0v) is 10.9. The van der Waals surface area contributed by atoms with E-state index in [1.807, 2.05) is 24.3 Å². The second-order valence-corrected chi connectivity index (χ2v) is 4.12. The molecule has 2 amide bonds. The third-order valence-corrected chi connectivity index (χ3v) is 2.97. The minimum atomic E-state index is -0.111. The van der Waals surface area contributed by atoms with Gasteiger partial charge in [-0.3, -0.25) is 0 Å². The molecule has 0 aromatic heterocycles. The molecule has 0 saturated carbocycles. The molecule has 94 valence electrons. The molecule has 0 saturated heterocycles. The van der Waals surface area contributed by atoms with Crippen LogP contribution in [0, 0.1) is 0 Å². The summed E-state index contributed by atoms with van der Waals surface area (Å²) in [5.41, 5.74) is 2.06. The second-order valence-electron chi connectivity index (χ2n) is 4.12. The van der Waals surface area contributed by atoms with Crippen LogP contribution in [0.15, 0.2) is 24.3 Å². The van der Waals surface area contributed by atoms with E-state index < -0.39 is 0 Å². The lowest BCUT2D eigenvalue weighted by atomic mass is 10.1. The number of amides is 2. The van der Waals surface area contributed by atoms with Gasteiger partial charge < -0.3 is 10.6 Å². The topological polar surface area (TPSA) is 41.1 Å². The SMILES string of the molecule is CCc1ccccc1NC(=O)NC(CC)CC. The van der Waals surface area contributed by atoms with Crippen LogP contribution >= 0.6 is 0 Å². The van der Waals surface area contributed by atoms with Crippen LogP contribution < -0.4 is 10.6 Å². The van der Waals surface area contributed by atoms with Crippen molar-refractivity contribution in [3.8, 4) is 0 Å². The van der Waals surface area contributed by atoms with Gasteiger partial charge in [-0.15, -0.1) is 0 Å². The molecule has 0 aliphatic carbocycles. The molecule has 2 N–H and O–H groups in total. The Balaban J connectivity index is 2.61. The number of aryl methyl sites for hydroxylation is 1. The minimum Gasteiger partial charge on any atom is -0.335 e. The number of hydrogen-bond acceptors (Lipinski definition) is 1. The molecule has 0 fully saturated rings. The van der Waals surface area contributed by atoms with E-state index in [0.29, 0.717) is 0 Å². The van der Waals surface area contributed by atoms with Crippen molar-refractivity contribution in [1.29, 1.82) is 0 Å². The number of carbonyl (C=O) groups is 1. The highest BCUT2D eigenvalue weighted by Crippen LogP contribution is 2.15. The standard InChI is InChI=1S/C14H22N2O/c1-4-11-9-7-8-10-13(11)16-14(17)15-12(5-2)6-3/h7-10,12H,4-6H2,1-3H3,(H2,15,16,17). The molecule has 0 atom stereocenters. The Hall–Kier alpha value is -1.51. The quantitative estimate of drug-likeness (QED) is 0.803. The maximum Gasteiger partial charge on any atom is 0.319 e. The maximum atomic E-state index is 11.8. The van der Waals surface area contributed by atoms with Crippen LogP contribution in [0.1, 0.15) is 39.2 Å². The van der Waals surface area contributed by atoms with E-state index in [1.165, 1.54) is 0 Å². The monoisotopic (exact) mass is 234 g/mol. The van der Waals surface area contributed by atoms with Gasteiger partial charge in [-0.2, -0.15) is 0 Å². The van der Waals surface area contributed by atoms with Crippen LogP contribution in [0.3, 0.4) is 0 Å². The van der Waals surface area contributed by atoms with Crippen molar-refractivity contribution in [3.63, 3.8) is 0 Å². The van der Waals surface area contributed by atoms with E-state index >= 15 is 0 Å². The molecule has 0 spiro atoms. The maximum absolute atomic E-state index is 11.8. The van der Waals surface area contributed by atoms with E-state index in [1.54, 1.807) is 0 Å². The first-order chi connectivity index (χ1) is 8.21. The molecule has 1 aromatic carbocycles. The smallest absolute Gasteiger partial charge is 0.319 e. The van der Waals surface area contributed by atoms with Crippen molar-refractivity contribution >= 4 is 11.7 Å². The van der Waals surface area contributed by atoms with Crippen LogP contribution in [0.25, 0.3) is 0 Å². The summed E-state index contributed by atoms with van der Waals surface area (Å²) in [5.74, 6) is 0. The summed E-state index contributed by atoms with van der Waals surface area (Å²) in [5, 5.41) is 5.88. The number of urea groups is 1. The molecule has 0 heterocycles. The normalized spacial score (nSPS) is 10.4. The first-order valence-corrected chi connectivity index (χ1v) is 6.36. The summed E-state index contributed by atoms with van der Waals surface area (Å²) in [7, 11) is 0. The first-order valence-electron chi connectivity index (χ1n) is 6.36. The fraction of sp³-hybridized carbons (Fsp3) is 0.500. The van der Waals surface area contributed by atoms with Crippen molar-refractivity contribution in [1.82, 2.24) is 5.32 Å². The molecular weight excluding hydrogens is 212 g/mol. The van der Waals surface area contributed by atoms with E-state index in [4.69, 9.17) is 0 Å². The minimum absolute atomic E-state index is 0.111. The molecule has 0 unspecified atom stereocenters. The van der Waals surface area contributed by atoms with Gasteiger partial charge in [0, 0.05) is 11.7 Å². The molecule has 1 rings (SSSR count). The molecule has 3 nitrogen and oxygen atoms in total. The highest BCUT2D eigenvalue weighted by molar-refractivity contribution is 5.90. The molecule has 17 heavy (non-hydrogen) atoms. The number of anilines is 1. The summed E-state index contributed by atoms with van der Waals surface area (Å²) in [6.07, 6.45) is 2.83. The largest absolute Gasteiger partial charge is 0.335 e. The van der Waals surface area contributed by atoms with Crippen LogP contribution in [0.2, 0.25) is 0 Å². The van der Waals surface area contributed by atoms with Gasteiger partial charge in [0.1, 0.15) is 0 Å². The lowest BCUT2D eigenvalue weighted by Gasteiger charge is -2.16. The fourth-order valence-electron chi connectivity index (χ4n) is 1.79. The van der Waals surface area contributed by atoms with Gasteiger partial charge in [0.25, 0.3) is 0 Å². The summed E-state index contributed by atoms with van der Waals surface area (Å²) in [6.45, 7) is 6.24. The van der Waals surface area contributed by atoms with Crippen molar-refractivity contribution in [2.24, 2.45) is 0 Å². The Morgan fingerprint density at radius 2 is 1.82 bits per heavy atom. The van der Waals surface area contributed by atoms with E-state index in [2.05, 4.69) is 31.4 Å². The Morgan fingerprint density at radius 3 is 2.41 bits per heavy atom. The van der Waals surface area contributed by atoms with Gasteiger partial charge in [-0.25, -0.2) is 4.79 Å². The van der Waals surface area contributed by atoms with Crippen molar-refractivity contribution < 1.29 is 4.79 Å². The summed E-state index contributed by atoms with van der Waals surface area (Å²) in [4.78, 5) is 11.8. The van der Waals surface area contributed by atoms with E-state index in [9.17, 15) is 4.79 Å². The average molecular weight is 234 g/mol. The fourth-order valence-corrected chi connectivity index (χ4v) is 1.79. The highest BCUT2D eigenvalue weighted by Gasteiger charge is 2.09.